The Hall–Kier alpha value is -2.65. The molecule has 0 amide bonds. The van der Waals surface area contributed by atoms with Gasteiger partial charge in [-0.05, 0) is 24.3 Å². The van der Waals surface area contributed by atoms with Crippen LogP contribution in [0.3, 0.4) is 0 Å². The maximum Gasteiger partial charge on any atom is 0.417 e. The largest absolute Gasteiger partial charge is 0.417 e. The minimum absolute atomic E-state index is 0.0621. The molecule has 0 spiro atoms. The lowest BCUT2D eigenvalue weighted by atomic mass is 10.2. The number of aromatic amines is 1. The van der Waals surface area contributed by atoms with Crippen LogP contribution in [0, 0.1) is 5.82 Å². The second-order valence-electron chi connectivity index (χ2n) is 6.02. The van der Waals surface area contributed by atoms with Crippen LogP contribution in [0.5, 0.6) is 0 Å². The average Bonchev–Trinajstić information content (AvgIpc) is 3.01. The Bertz CT molecular complexity index is 1110. The minimum atomic E-state index is -3.72. The highest BCUT2D eigenvalue weighted by Gasteiger charge is 2.29. The molecule has 7 nitrogen and oxygen atoms in total. The summed E-state index contributed by atoms with van der Waals surface area (Å²) in [5, 5.41) is 0. The van der Waals surface area contributed by atoms with Gasteiger partial charge in [-0.1, -0.05) is 12.1 Å². The predicted octanol–water partition coefficient (Wildman–Crippen LogP) is 1.77. The van der Waals surface area contributed by atoms with E-state index in [0.717, 1.165) is 0 Å². The lowest BCUT2D eigenvalue weighted by Gasteiger charge is -2.35. The fourth-order valence-electron chi connectivity index (χ4n) is 3.11. The third-order valence-electron chi connectivity index (χ3n) is 4.46. The van der Waals surface area contributed by atoms with E-state index in [9.17, 15) is 17.6 Å². The van der Waals surface area contributed by atoms with Crippen molar-refractivity contribution in [1.29, 1.82) is 0 Å². The molecule has 0 bridgehead atoms. The van der Waals surface area contributed by atoms with Crippen LogP contribution in [0.25, 0.3) is 11.1 Å². The molecule has 0 aliphatic carbocycles. The third kappa shape index (κ3) is 2.89. The average molecular weight is 377 g/mol. The number of halogens is 1. The van der Waals surface area contributed by atoms with Gasteiger partial charge in [0.05, 0.1) is 16.1 Å². The summed E-state index contributed by atoms with van der Waals surface area (Å²) in [6, 6.07) is 10.7. The van der Waals surface area contributed by atoms with Gasteiger partial charge in [0.2, 0.25) is 10.0 Å². The zero-order chi connectivity index (χ0) is 18.3. The number of hydrogen-bond donors (Lipinski definition) is 1. The van der Waals surface area contributed by atoms with Crippen LogP contribution in [0.15, 0.2) is 56.6 Å². The van der Waals surface area contributed by atoms with Crippen LogP contribution in [0.1, 0.15) is 0 Å². The summed E-state index contributed by atoms with van der Waals surface area (Å²) in [6.07, 6.45) is 0. The molecule has 1 aliphatic heterocycles. The van der Waals surface area contributed by atoms with Crippen LogP contribution in [0.4, 0.5) is 10.1 Å². The van der Waals surface area contributed by atoms with E-state index in [0.29, 0.717) is 24.3 Å². The van der Waals surface area contributed by atoms with Gasteiger partial charge in [0.25, 0.3) is 0 Å². The van der Waals surface area contributed by atoms with Crippen molar-refractivity contribution in [3.05, 3.63) is 58.8 Å². The number of H-pyrrole nitrogens is 1. The van der Waals surface area contributed by atoms with Crippen LogP contribution in [0.2, 0.25) is 0 Å². The molecule has 1 fully saturated rings. The number of piperazine rings is 1. The smallest absolute Gasteiger partial charge is 0.408 e. The topological polar surface area (TPSA) is 86.6 Å². The number of benzene rings is 2. The number of aromatic nitrogens is 1. The highest BCUT2D eigenvalue weighted by Crippen LogP contribution is 2.24. The number of sulfonamides is 1. The van der Waals surface area contributed by atoms with Gasteiger partial charge in [0, 0.05) is 32.2 Å². The van der Waals surface area contributed by atoms with E-state index >= 15 is 0 Å². The van der Waals surface area contributed by atoms with Gasteiger partial charge in [-0.15, -0.1) is 0 Å². The monoisotopic (exact) mass is 377 g/mol. The number of nitrogens with zero attached hydrogens (tertiary/aromatic N) is 2. The van der Waals surface area contributed by atoms with Crippen molar-refractivity contribution in [2.24, 2.45) is 0 Å². The lowest BCUT2D eigenvalue weighted by Crippen LogP contribution is -2.48. The van der Waals surface area contributed by atoms with Gasteiger partial charge >= 0.3 is 5.76 Å². The summed E-state index contributed by atoms with van der Waals surface area (Å²) in [4.78, 5) is 15.6. The standard InChI is InChI=1S/C17H16FN3O4S/c18-13-3-1-2-4-15(13)20-7-9-21(10-8-20)26(23,24)12-5-6-14-16(11-12)25-17(22)19-14/h1-6,11H,7-10H2,(H,19,22). The van der Waals surface area contributed by atoms with Crippen LogP contribution < -0.4 is 10.7 Å². The molecule has 2 aromatic carbocycles. The Kier molecular flexibility index (Phi) is 4.04. The number of hydrogen-bond acceptors (Lipinski definition) is 5. The quantitative estimate of drug-likeness (QED) is 0.752. The van der Waals surface area contributed by atoms with Crippen molar-refractivity contribution in [1.82, 2.24) is 9.29 Å². The van der Waals surface area contributed by atoms with E-state index < -0.39 is 15.8 Å². The lowest BCUT2D eigenvalue weighted by molar-refractivity contribution is 0.383. The predicted molar refractivity (Wildman–Crippen MR) is 94.2 cm³/mol. The first kappa shape index (κ1) is 16.8. The highest BCUT2D eigenvalue weighted by molar-refractivity contribution is 7.89. The van der Waals surface area contributed by atoms with Gasteiger partial charge in [-0.2, -0.15) is 4.31 Å². The maximum absolute atomic E-state index is 13.9. The molecule has 1 aliphatic rings. The summed E-state index contributed by atoms with van der Waals surface area (Å²) in [5.74, 6) is -0.954. The van der Waals surface area contributed by atoms with Crippen LogP contribution in [-0.4, -0.2) is 43.9 Å². The first-order chi connectivity index (χ1) is 12.4. The van der Waals surface area contributed by atoms with Crippen molar-refractivity contribution in [3.63, 3.8) is 0 Å². The fourth-order valence-corrected chi connectivity index (χ4v) is 4.55. The zero-order valence-corrected chi connectivity index (χ0v) is 14.5. The van der Waals surface area contributed by atoms with Crippen molar-refractivity contribution in [3.8, 4) is 0 Å². The maximum atomic E-state index is 13.9. The van der Waals surface area contributed by atoms with E-state index in [-0.39, 0.29) is 29.4 Å². The zero-order valence-electron chi connectivity index (χ0n) is 13.7. The van der Waals surface area contributed by atoms with Gasteiger partial charge < -0.3 is 9.32 Å². The number of nitrogens with one attached hydrogen (secondary N) is 1. The molecule has 1 N–H and O–H groups in total. The summed E-state index contributed by atoms with van der Waals surface area (Å²) < 4.78 is 45.9. The second kappa shape index (κ2) is 6.26. The Morgan fingerprint density at radius 3 is 2.50 bits per heavy atom. The van der Waals surface area contributed by atoms with Crippen LogP contribution >= 0.6 is 0 Å². The Labute approximate surface area is 148 Å². The molecule has 0 atom stereocenters. The summed E-state index contributed by atoms with van der Waals surface area (Å²) in [6.45, 7) is 1.26. The van der Waals surface area contributed by atoms with Crippen molar-refractivity contribution in [2.45, 2.75) is 4.90 Å². The van der Waals surface area contributed by atoms with Crippen molar-refractivity contribution >= 4 is 26.8 Å². The molecule has 0 saturated carbocycles. The molecule has 3 aromatic rings. The molecule has 2 heterocycles. The van der Waals surface area contributed by atoms with Crippen molar-refractivity contribution < 1.29 is 17.2 Å². The fraction of sp³-hybridized carbons (Fsp3) is 0.235. The van der Waals surface area contributed by atoms with Crippen LogP contribution in [-0.2, 0) is 10.0 Å². The molecular formula is C17H16FN3O4S. The van der Waals surface area contributed by atoms with E-state index in [4.69, 9.17) is 4.42 Å². The minimum Gasteiger partial charge on any atom is -0.408 e. The van der Waals surface area contributed by atoms with Gasteiger partial charge in [-0.3, -0.25) is 4.98 Å². The molecule has 9 heteroatoms. The number of rotatable bonds is 3. The second-order valence-corrected chi connectivity index (χ2v) is 7.95. The van der Waals surface area contributed by atoms with Gasteiger partial charge in [0.15, 0.2) is 5.58 Å². The number of para-hydroxylation sites is 1. The van der Waals surface area contributed by atoms with E-state index in [2.05, 4.69) is 4.98 Å². The summed E-state index contributed by atoms with van der Waals surface area (Å²) in [5.41, 5.74) is 1.11. The Morgan fingerprint density at radius 2 is 1.77 bits per heavy atom. The summed E-state index contributed by atoms with van der Waals surface area (Å²) >= 11 is 0. The molecular weight excluding hydrogens is 361 g/mol. The van der Waals surface area contributed by atoms with E-state index in [1.807, 2.05) is 4.90 Å². The van der Waals surface area contributed by atoms with E-state index in [1.165, 1.54) is 28.6 Å². The first-order valence-electron chi connectivity index (χ1n) is 8.08. The molecule has 136 valence electrons. The molecule has 26 heavy (non-hydrogen) atoms. The highest BCUT2D eigenvalue weighted by atomic mass is 32.2. The van der Waals surface area contributed by atoms with Crippen molar-refractivity contribution in [2.75, 3.05) is 31.1 Å². The third-order valence-corrected chi connectivity index (χ3v) is 6.36. The number of anilines is 1. The van der Waals surface area contributed by atoms with Gasteiger partial charge in [-0.25, -0.2) is 17.6 Å². The molecule has 0 unspecified atom stereocenters. The Morgan fingerprint density at radius 1 is 1.04 bits per heavy atom. The summed E-state index contributed by atoms with van der Waals surface area (Å²) in [7, 11) is -3.72. The molecule has 0 radical (unpaired) electrons. The normalized spacial score (nSPS) is 16.3. The van der Waals surface area contributed by atoms with E-state index in [1.54, 1.807) is 18.2 Å². The molecule has 4 rings (SSSR count). The molecule has 1 saturated heterocycles. The van der Waals surface area contributed by atoms with Gasteiger partial charge in [0.1, 0.15) is 5.82 Å². The number of fused-ring (bicyclic) bond motifs is 1. The molecule has 1 aromatic heterocycles. The number of oxazole rings is 1. The SMILES string of the molecule is O=c1[nH]c2ccc(S(=O)(=O)N3CCN(c4ccccc4F)CC3)cc2o1. The first-order valence-corrected chi connectivity index (χ1v) is 9.52. The Balaban J connectivity index is 1.55.